The van der Waals surface area contributed by atoms with Gasteiger partial charge in [-0.05, 0) is 31.5 Å². The molecule has 0 fully saturated rings. The monoisotopic (exact) mass is 298 g/mol. The minimum Gasteiger partial charge on any atom is -0.388 e. The van der Waals surface area contributed by atoms with E-state index >= 15 is 0 Å². The maximum Gasteiger partial charge on any atom is 0.201 e. The lowest BCUT2D eigenvalue weighted by Crippen LogP contribution is -2.52. The molecule has 0 amide bonds. The number of rotatable bonds is 5. The Labute approximate surface area is 131 Å². The maximum absolute atomic E-state index is 12.7. The molecular formula is C18H22N2O2. The van der Waals surface area contributed by atoms with Crippen LogP contribution in [-0.2, 0) is 0 Å². The molecule has 1 heterocycles. The molecule has 0 saturated heterocycles. The van der Waals surface area contributed by atoms with E-state index in [-0.39, 0.29) is 5.78 Å². The number of carbonyl (C=O) groups is 1. The van der Waals surface area contributed by atoms with Gasteiger partial charge in [-0.2, -0.15) is 0 Å². The highest BCUT2D eigenvalue weighted by Crippen LogP contribution is 2.31. The summed E-state index contributed by atoms with van der Waals surface area (Å²) in [7, 11) is 0. The fourth-order valence-electron chi connectivity index (χ4n) is 2.42. The second-order valence-corrected chi connectivity index (χ2v) is 5.92. The van der Waals surface area contributed by atoms with E-state index in [4.69, 9.17) is 5.73 Å². The van der Waals surface area contributed by atoms with Crippen molar-refractivity contribution in [3.63, 3.8) is 0 Å². The van der Waals surface area contributed by atoms with Crippen molar-refractivity contribution in [2.24, 2.45) is 11.7 Å². The first-order valence-corrected chi connectivity index (χ1v) is 7.34. The normalized spacial score (nSPS) is 16.6. The van der Waals surface area contributed by atoms with E-state index in [9.17, 15) is 9.90 Å². The van der Waals surface area contributed by atoms with E-state index in [1.165, 1.54) is 0 Å². The molecule has 0 aliphatic carbocycles. The SMILES string of the molecule is Cc1cccc(C(=O)[C@](C)(N)C(C)C(O)c2ccccc2)n1. The lowest BCUT2D eigenvalue weighted by molar-refractivity contribution is 0.0564. The second kappa shape index (κ2) is 6.38. The molecule has 1 aromatic heterocycles. The number of hydrogen-bond acceptors (Lipinski definition) is 4. The van der Waals surface area contributed by atoms with Gasteiger partial charge in [-0.15, -0.1) is 0 Å². The Morgan fingerprint density at radius 1 is 1.18 bits per heavy atom. The Kier molecular flexibility index (Phi) is 4.74. The zero-order valence-corrected chi connectivity index (χ0v) is 13.2. The second-order valence-electron chi connectivity index (χ2n) is 5.92. The van der Waals surface area contributed by atoms with Crippen LogP contribution in [0.3, 0.4) is 0 Å². The van der Waals surface area contributed by atoms with E-state index in [1.807, 2.05) is 43.3 Å². The van der Waals surface area contributed by atoms with Gasteiger partial charge in [0.1, 0.15) is 5.69 Å². The highest BCUT2D eigenvalue weighted by atomic mass is 16.3. The van der Waals surface area contributed by atoms with E-state index in [1.54, 1.807) is 26.0 Å². The van der Waals surface area contributed by atoms with Crippen molar-refractivity contribution < 1.29 is 9.90 Å². The van der Waals surface area contributed by atoms with Gasteiger partial charge in [0.2, 0.25) is 5.78 Å². The highest BCUT2D eigenvalue weighted by Gasteiger charge is 2.40. The van der Waals surface area contributed by atoms with Gasteiger partial charge in [0, 0.05) is 11.6 Å². The van der Waals surface area contributed by atoms with Crippen molar-refractivity contribution in [2.75, 3.05) is 0 Å². The predicted octanol–water partition coefficient (Wildman–Crippen LogP) is 2.66. The molecule has 4 heteroatoms. The smallest absolute Gasteiger partial charge is 0.201 e. The van der Waals surface area contributed by atoms with Crippen LogP contribution in [0, 0.1) is 12.8 Å². The third-order valence-electron chi connectivity index (χ3n) is 4.17. The fourth-order valence-corrected chi connectivity index (χ4v) is 2.42. The van der Waals surface area contributed by atoms with E-state index in [0.717, 1.165) is 11.3 Å². The molecule has 2 rings (SSSR count). The molecule has 0 aliphatic heterocycles. The van der Waals surface area contributed by atoms with Crippen molar-refractivity contribution in [1.29, 1.82) is 0 Å². The van der Waals surface area contributed by atoms with E-state index in [0.29, 0.717) is 5.69 Å². The first-order valence-electron chi connectivity index (χ1n) is 7.34. The minimum absolute atomic E-state index is 0.265. The Morgan fingerprint density at radius 2 is 1.82 bits per heavy atom. The molecular weight excluding hydrogens is 276 g/mol. The first kappa shape index (κ1) is 16.3. The van der Waals surface area contributed by atoms with Gasteiger partial charge in [-0.1, -0.05) is 43.3 Å². The van der Waals surface area contributed by atoms with Crippen LogP contribution in [0.1, 0.15) is 41.7 Å². The van der Waals surface area contributed by atoms with Crippen molar-refractivity contribution >= 4 is 5.78 Å². The van der Waals surface area contributed by atoms with Crippen LogP contribution in [0.15, 0.2) is 48.5 Å². The number of pyridine rings is 1. The minimum atomic E-state index is -1.21. The lowest BCUT2D eigenvalue weighted by atomic mass is 9.77. The Bertz CT molecular complexity index is 653. The highest BCUT2D eigenvalue weighted by molar-refractivity contribution is 6.01. The molecule has 3 N–H and O–H groups in total. The first-order chi connectivity index (χ1) is 10.3. The van der Waals surface area contributed by atoms with Crippen LogP contribution < -0.4 is 5.73 Å². The quantitative estimate of drug-likeness (QED) is 0.832. The van der Waals surface area contributed by atoms with Crippen LogP contribution in [0.2, 0.25) is 0 Å². The summed E-state index contributed by atoms with van der Waals surface area (Å²) >= 11 is 0. The van der Waals surface area contributed by atoms with Crippen molar-refractivity contribution in [1.82, 2.24) is 4.98 Å². The number of ketones is 1. The third-order valence-corrected chi connectivity index (χ3v) is 4.17. The van der Waals surface area contributed by atoms with Gasteiger partial charge in [0.05, 0.1) is 11.6 Å². The number of nitrogens with two attached hydrogens (primary N) is 1. The summed E-state index contributed by atoms with van der Waals surface area (Å²) in [5, 5.41) is 10.5. The number of hydrogen-bond donors (Lipinski definition) is 2. The summed E-state index contributed by atoms with van der Waals surface area (Å²) < 4.78 is 0. The maximum atomic E-state index is 12.7. The number of aryl methyl sites for hydroxylation is 1. The summed E-state index contributed by atoms with van der Waals surface area (Å²) in [4.78, 5) is 16.9. The Hall–Kier alpha value is -2.04. The molecule has 4 nitrogen and oxygen atoms in total. The number of Topliss-reactive ketones (excluding diaryl/α,β-unsaturated/α-hetero) is 1. The number of aliphatic hydroxyl groups excluding tert-OH is 1. The molecule has 2 aromatic rings. The summed E-state index contributed by atoms with van der Waals surface area (Å²) in [5.74, 6) is -0.719. The topological polar surface area (TPSA) is 76.2 Å². The van der Waals surface area contributed by atoms with Crippen molar-refractivity contribution in [3.05, 3.63) is 65.5 Å². The number of carbonyl (C=O) groups excluding carboxylic acids is 1. The fraction of sp³-hybridized carbons (Fsp3) is 0.333. The summed E-state index contributed by atoms with van der Waals surface area (Å²) in [6.45, 7) is 5.26. The number of aliphatic hydroxyl groups is 1. The molecule has 0 aliphatic rings. The lowest BCUT2D eigenvalue weighted by Gasteiger charge is -2.33. The zero-order chi connectivity index (χ0) is 16.3. The number of aromatic nitrogens is 1. The van der Waals surface area contributed by atoms with Gasteiger partial charge >= 0.3 is 0 Å². The van der Waals surface area contributed by atoms with Gasteiger partial charge in [0.25, 0.3) is 0 Å². The van der Waals surface area contributed by atoms with Crippen LogP contribution >= 0.6 is 0 Å². The van der Waals surface area contributed by atoms with E-state index < -0.39 is 17.6 Å². The van der Waals surface area contributed by atoms with Crippen molar-refractivity contribution in [2.45, 2.75) is 32.4 Å². The predicted molar refractivity (Wildman–Crippen MR) is 86.5 cm³/mol. The molecule has 22 heavy (non-hydrogen) atoms. The van der Waals surface area contributed by atoms with Crippen LogP contribution in [0.25, 0.3) is 0 Å². The molecule has 0 radical (unpaired) electrons. The molecule has 0 saturated carbocycles. The van der Waals surface area contributed by atoms with Gasteiger partial charge in [-0.25, -0.2) is 4.98 Å². The number of nitrogens with zero attached hydrogens (tertiary/aromatic N) is 1. The summed E-state index contributed by atoms with van der Waals surface area (Å²) in [6.07, 6.45) is -0.815. The average Bonchev–Trinajstić information content (AvgIpc) is 2.53. The number of benzene rings is 1. The zero-order valence-electron chi connectivity index (χ0n) is 13.2. The molecule has 2 unspecified atom stereocenters. The van der Waals surface area contributed by atoms with Crippen LogP contribution in [0.4, 0.5) is 0 Å². The largest absolute Gasteiger partial charge is 0.388 e. The summed E-state index contributed by atoms with van der Waals surface area (Å²) in [5.41, 5.74) is 6.90. The third kappa shape index (κ3) is 3.24. The standard InChI is InChI=1S/C18H22N2O2/c1-12-8-7-11-15(20-12)17(22)18(3,19)13(2)16(21)14-9-5-4-6-10-14/h4-11,13,16,21H,19H2,1-3H3/t13?,16?,18-/m1/s1. The van der Waals surface area contributed by atoms with Gasteiger partial charge in [0.15, 0.2) is 0 Å². The van der Waals surface area contributed by atoms with Crippen LogP contribution in [-0.4, -0.2) is 21.4 Å². The van der Waals surface area contributed by atoms with Crippen molar-refractivity contribution in [3.8, 4) is 0 Å². The molecule has 116 valence electrons. The van der Waals surface area contributed by atoms with Gasteiger partial charge < -0.3 is 10.8 Å². The molecule has 3 atom stereocenters. The van der Waals surface area contributed by atoms with Gasteiger partial charge in [-0.3, -0.25) is 4.79 Å². The average molecular weight is 298 g/mol. The molecule has 0 bridgehead atoms. The van der Waals surface area contributed by atoms with Crippen LogP contribution in [0.5, 0.6) is 0 Å². The summed E-state index contributed by atoms with van der Waals surface area (Å²) in [6, 6.07) is 14.5. The molecule has 1 aromatic carbocycles. The van der Waals surface area contributed by atoms with E-state index in [2.05, 4.69) is 4.98 Å². The Balaban J connectivity index is 2.27. The Morgan fingerprint density at radius 3 is 2.41 bits per heavy atom. The molecule has 0 spiro atoms.